The minimum Gasteiger partial charge on any atom is -0.448 e. The minimum atomic E-state index is -1.51. The van der Waals surface area contributed by atoms with Gasteiger partial charge in [-0.25, -0.2) is 4.79 Å². The predicted molar refractivity (Wildman–Crippen MR) is 64.7 cm³/mol. The number of hydrogen-bond donors (Lipinski definition) is 1. The second-order valence-electron chi connectivity index (χ2n) is 4.08. The zero-order valence-electron chi connectivity index (χ0n) is 10.3. The summed E-state index contributed by atoms with van der Waals surface area (Å²) in [6.45, 7) is 3.68. The molecule has 0 radical (unpaired) electrons. The molecule has 0 fully saturated rings. The third kappa shape index (κ3) is 2.06. The Hall–Kier alpha value is -1.95. The van der Waals surface area contributed by atoms with Gasteiger partial charge in [-0.1, -0.05) is 6.07 Å². The molecule has 18 heavy (non-hydrogen) atoms. The van der Waals surface area contributed by atoms with Gasteiger partial charge in [-0.2, -0.15) is 10.1 Å². The van der Waals surface area contributed by atoms with Gasteiger partial charge in [0.05, 0.1) is 6.61 Å². The number of amides is 1. The highest BCUT2D eigenvalue weighted by Gasteiger charge is 2.45. The van der Waals surface area contributed by atoms with E-state index in [4.69, 9.17) is 4.74 Å². The highest BCUT2D eigenvalue weighted by Crippen LogP contribution is 2.35. The molecule has 0 aliphatic carbocycles. The molecule has 1 atom stereocenters. The third-order valence-corrected chi connectivity index (χ3v) is 2.69. The largest absolute Gasteiger partial charge is 0.448 e. The SMILES string of the molecule is CCOC(=O)N1N=C(C)CC1(O)c1cccnc1. The topological polar surface area (TPSA) is 75.0 Å². The highest BCUT2D eigenvalue weighted by molar-refractivity contribution is 5.87. The van der Waals surface area contributed by atoms with E-state index >= 15 is 0 Å². The van der Waals surface area contributed by atoms with E-state index in [1.165, 1.54) is 6.20 Å². The van der Waals surface area contributed by atoms with Crippen LogP contribution in [0, 0.1) is 0 Å². The van der Waals surface area contributed by atoms with Gasteiger partial charge in [-0.3, -0.25) is 4.98 Å². The van der Waals surface area contributed by atoms with Crippen LogP contribution in [0.25, 0.3) is 0 Å². The first-order valence-electron chi connectivity index (χ1n) is 5.72. The quantitative estimate of drug-likeness (QED) is 0.861. The zero-order chi connectivity index (χ0) is 13.2. The van der Waals surface area contributed by atoms with Gasteiger partial charge in [-0.05, 0) is 19.9 Å². The predicted octanol–water partition coefficient (Wildman–Crippen LogP) is 1.46. The molecule has 1 aromatic rings. The van der Waals surface area contributed by atoms with E-state index in [-0.39, 0.29) is 13.0 Å². The van der Waals surface area contributed by atoms with Crippen molar-refractivity contribution in [3.8, 4) is 0 Å². The molecule has 6 nitrogen and oxygen atoms in total. The van der Waals surface area contributed by atoms with Crippen molar-refractivity contribution >= 4 is 11.8 Å². The lowest BCUT2D eigenvalue weighted by Crippen LogP contribution is -2.43. The summed E-state index contributed by atoms with van der Waals surface area (Å²) in [6.07, 6.45) is 2.70. The van der Waals surface area contributed by atoms with Gasteiger partial charge in [-0.15, -0.1) is 0 Å². The molecule has 2 heterocycles. The summed E-state index contributed by atoms with van der Waals surface area (Å²) in [5.74, 6) is 0. The molecule has 2 rings (SSSR count). The van der Waals surface area contributed by atoms with Gasteiger partial charge in [0.2, 0.25) is 0 Å². The molecule has 6 heteroatoms. The Balaban J connectivity index is 2.34. The van der Waals surface area contributed by atoms with Gasteiger partial charge in [0, 0.05) is 30.1 Å². The fourth-order valence-electron chi connectivity index (χ4n) is 1.92. The summed E-state index contributed by atoms with van der Waals surface area (Å²) in [4.78, 5) is 15.7. The average Bonchev–Trinajstić information content (AvgIpc) is 2.68. The number of rotatable bonds is 2. The number of hydrogen-bond acceptors (Lipinski definition) is 5. The first kappa shape index (κ1) is 12.5. The van der Waals surface area contributed by atoms with Crippen LogP contribution in [0.1, 0.15) is 25.8 Å². The number of carbonyl (C=O) groups is 1. The lowest BCUT2D eigenvalue weighted by molar-refractivity contribution is -0.0857. The van der Waals surface area contributed by atoms with Crippen molar-refractivity contribution < 1.29 is 14.6 Å². The summed E-state index contributed by atoms with van der Waals surface area (Å²) in [7, 11) is 0. The zero-order valence-corrected chi connectivity index (χ0v) is 10.3. The Kier molecular flexibility index (Phi) is 3.29. The molecule has 0 aromatic carbocycles. The fourth-order valence-corrected chi connectivity index (χ4v) is 1.92. The van der Waals surface area contributed by atoms with Crippen LogP contribution < -0.4 is 0 Å². The van der Waals surface area contributed by atoms with Crippen molar-refractivity contribution in [1.29, 1.82) is 0 Å². The molecule has 0 saturated carbocycles. The van der Waals surface area contributed by atoms with E-state index in [1.807, 2.05) is 0 Å². The molecule has 1 amide bonds. The van der Waals surface area contributed by atoms with Crippen LogP contribution in [0.15, 0.2) is 29.6 Å². The molecule has 96 valence electrons. The second-order valence-corrected chi connectivity index (χ2v) is 4.08. The van der Waals surface area contributed by atoms with Crippen LogP contribution in [-0.2, 0) is 10.5 Å². The molecule has 0 spiro atoms. The molecule has 0 saturated heterocycles. The van der Waals surface area contributed by atoms with Crippen LogP contribution in [0.5, 0.6) is 0 Å². The Morgan fingerprint density at radius 1 is 1.67 bits per heavy atom. The Morgan fingerprint density at radius 2 is 2.44 bits per heavy atom. The number of pyridine rings is 1. The molecule has 1 aliphatic rings. The van der Waals surface area contributed by atoms with Crippen molar-refractivity contribution in [2.75, 3.05) is 6.61 Å². The lowest BCUT2D eigenvalue weighted by atomic mass is 10.00. The van der Waals surface area contributed by atoms with E-state index < -0.39 is 11.8 Å². The maximum absolute atomic E-state index is 11.8. The number of nitrogens with zero attached hydrogens (tertiary/aromatic N) is 3. The fraction of sp³-hybridized carbons (Fsp3) is 0.417. The standard InChI is InChI=1S/C12H15N3O3/c1-3-18-11(16)15-12(17,7-9(2)14-15)10-5-4-6-13-8-10/h4-6,8,17H,3,7H2,1-2H3. The molecular formula is C12H15N3O3. The number of carbonyl (C=O) groups excluding carboxylic acids is 1. The maximum Gasteiger partial charge on any atom is 0.433 e. The first-order chi connectivity index (χ1) is 8.58. The smallest absolute Gasteiger partial charge is 0.433 e. The highest BCUT2D eigenvalue weighted by atomic mass is 16.6. The van der Waals surface area contributed by atoms with Crippen LogP contribution in [0.2, 0.25) is 0 Å². The van der Waals surface area contributed by atoms with E-state index in [9.17, 15) is 9.90 Å². The van der Waals surface area contributed by atoms with E-state index in [1.54, 1.807) is 32.2 Å². The van der Waals surface area contributed by atoms with E-state index in [2.05, 4.69) is 10.1 Å². The van der Waals surface area contributed by atoms with Crippen LogP contribution in [0.3, 0.4) is 0 Å². The Morgan fingerprint density at radius 3 is 3.06 bits per heavy atom. The van der Waals surface area contributed by atoms with Gasteiger partial charge >= 0.3 is 6.09 Å². The first-order valence-corrected chi connectivity index (χ1v) is 5.72. The van der Waals surface area contributed by atoms with Crippen molar-refractivity contribution in [1.82, 2.24) is 9.99 Å². The van der Waals surface area contributed by atoms with Gasteiger partial charge in [0.1, 0.15) is 0 Å². The lowest BCUT2D eigenvalue weighted by Gasteiger charge is -2.30. The van der Waals surface area contributed by atoms with Crippen LogP contribution >= 0.6 is 0 Å². The normalized spacial score (nSPS) is 22.8. The number of hydrazone groups is 1. The molecular weight excluding hydrogens is 234 g/mol. The van der Waals surface area contributed by atoms with Gasteiger partial charge in [0.15, 0.2) is 5.72 Å². The summed E-state index contributed by atoms with van der Waals surface area (Å²) < 4.78 is 4.89. The minimum absolute atomic E-state index is 0.229. The van der Waals surface area contributed by atoms with E-state index in [0.29, 0.717) is 11.3 Å². The Labute approximate surface area is 105 Å². The van der Waals surface area contributed by atoms with Crippen molar-refractivity contribution in [3.05, 3.63) is 30.1 Å². The molecule has 1 aromatic heterocycles. The molecule has 1 N–H and O–H groups in total. The number of aliphatic hydroxyl groups is 1. The van der Waals surface area contributed by atoms with Crippen molar-refractivity contribution in [3.63, 3.8) is 0 Å². The summed E-state index contributed by atoms with van der Waals surface area (Å²) >= 11 is 0. The summed E-state index contributed by atoms with van der Waals surface area (Å²) in [5, 5.41) is 15.7. The van der Waals surface area contributed by atoms with Crippen LogP contribution in [-0.4, -0.2) is 33.5 Å². The summed E-state index contributed by atoms with van der Waals surface area (Å²) in [6, 6.07) is 3.40. The van der Waals surface area contributed by atoms with E-state index in [0.717, 1.165) is 5.01 Å². The van der Waals surface area contributed by atoms with Crippen molar-refractivity contribution in [2.24, 2.45) is 5.10 Å². The maximum atomic E-state index is 11.8. The monoisotopic (exact) mass is 249 g/mol. The summed E-state index contributed by atoms with van der Waals surface area (Å²) in [5.41, 5.74) is -0.335. The number of ether oxygens (including phenoxy) is 1. The van der Waals surface area contributed by atoms with Crippen molar-refractivity contribution in [2.45, 2.75) is 26.0 Å². The molecule has 1 unspecified atom stereocenters. The van der Waals surface area contributed by atoms with Gasteiger partial charge < -0.3 is 9.84 Å². The average molecular weight is 249 g/mol. The Bertz CT molecular complexity index is 475. The van der Waals surface area contributed by atoms with Crippen LogP contribution in [0.4, 0.5) is 4.79 Å². The number of aromatic nitrogens is 1. The third-order valence-electron chi connectivity index (χ3n) is 2.69. The molecule has 1 aliphatic heterocycles. The van der Waals surface area contributed by atoms with Gasteiger partial charge in [0.25, 0.3) is 0 Å². The second kappa shape index (κ2) is 4.73. The molecule has 0 bridgehead atoms.